The Hall–Kier alpha value is -4.33. The van der Waals surface area contributed by atoms with Gasteiger partial charge in [-0.05, 0) is 48.9 Å². The fourth-order valence-corrected chi connectivity index (χ4v) is 4.52. The van der Waals surface area contributed by atoms with Crippen LogP contribution in [0.3, 0.4) is 0 Å². The Kier molecular flexibility index (Phi) is 7.35. The van der Waals surface area contributed by atoms with Crippen molar-refractivity contribution in [3.8, 4) is 28.3 Å². The number of carboxylic acids is 1. The molecule has 0 atom stereocenters. The van der Waals surface area contributed by atoms with E-state index in [0.717, 1.165) is 16.7 Å². The molecule has 0 amide bonds. The fourth-order valence-electron chi connectivity index (χ4n) is 4.52. The van der Waals surface area contributed by atoms with Crippen molar-refractivity contribution >= 4 is 11.9 Å². The summed E-state index contributed by atoms with van der Waals surface area (Å²) in [5.74, 6) is -0.700. The smallest absolute Gasteiger partial charge is 0.306 e. The predicted molar refractivity (Wildman–Crippen MR) is 138 cm³/mol. The van der Waals surface area contributed by atoms with Crippen molar-refractivity contribution in [1.82, 2.24) is 15.0 Å². The minimum Gasteiger partial charge on any atom is -0.481 e. The summed E-state index contributed by atoms with van der Waals surface area (Å²) in [6.45, 7) is 0.438. The Morgan fingerprint density at radius 2 is 1.70 bits per heavy atom. The topological polar surface area (TPSA) is 97.2 Å². The van der Waals surface area contributed by atoms with Crippen LogP contribution in [0, 0.1) is 11.7 Å². The van der Waals surface area contributed by atoms with Gasteiger partial charge < -0.3 is 15.2 Å². The lowest BCUT2D eigenvalue weighted by molar-refractivity contribution is -0.142. The molecular weight excluding hydrogens is 471 g/mol. The lowest BCUT2D eigenvalue weighted by Crippen LogP contribution is -2.29. The van der Waals surface area contributed by atoms with Crippen molar-refractivity contribution in [2.45, 2.75) is 38.3 Å². The molecule has 7 nitrogen and oxygen atoms in total. The summed E-state index contributed by atoms with van der Waals surface area (Å²) >= 11 is 0. The van der Waals surface area contributed by atoms with Crippen molar-refractivity contribution in [3.05, 3.63) is 90.5 Å². The first-order valence-electron chi connectivity index (χ1n) is 12.3. The summed E-state index contributed by atoms with van der Waals surface area (Å²) in [6, 6.07) is 21.2. The zero-order valence-corrected chi connectivity index (χ0v) is 20.2. The molecule has 188 valence electrons. The fraction of sp³-hybridized carbons (Fsp3) is 0.241. The highest BCUT2D eigenvalue weighted by atomic mass is 19.1. The van der Waals surface area contributed by atoms with Crippen molar-refractivity contribution in [2.75, 3.05) is 5.32 Å². The maximum atomic E-state index is 14.7. The van der Waals surface area contributed by atoms with Gasteiger partial charge in [-0.15, -0.1) is 0 Å². The quantitative estimate of drug-likeness (QED) is 0.308. The van der Waals surface area contributed by atoms with E-state index in [-0.39, 0.29) is 17.7 Å². The van der Waals surface area contributed by atoms with E-state index in [1.165, 1.54) is 6.20 Å². The van der Waals surface area contributed by atoms with Crippen LogP contribution in [0.1, 0.15) is 31.2 Å². The summed E-state index contributed by atoms with van der Waals surface area (Å²) in [7, 11) is 0. The van der Waals surface area contributed by atoms with E-state index >= 15 is 0 Å². The lowest BCUT2D eigenvalue weighted by atomic mass is 9.86. The molecule has 2 N–H and O–H groups in total. The highest BCUT2D eigenvalue weighted by Crippen LogP contribution is 2.29. The first-order valence-corrected chi connectivity index (χ1v) is 12.3. The number of anilines is 1. The Morgan fingerprint density at radius 3 is 2.43 bits per heavy atom. The average molecular weight is 499 g/mol. The monoisotopic (exact) mass is 498 g/mol. The van der Waals surface area contributed by atoms with Gasteiger partial charge in [0.05, 0.1) is 12.1 Å². The van der Waals surface area contributed by atoms with Crippen molar-refractivity contribution in [2.24, 2.45) is 5.92 Å². The van der Waals surface area contributed by atoms with Crippen LogP contribution in [0.15, 0.2) is 79.1 Å². The summed E-state index contributed by atoms with van der Waals surface area (Å²) in [5, 5.41) is 12.4. The third kappa shape index (κ3) is 6.09. The molecule has 0 unspecified atom stereocenters. The number of rotatable bonds is 8. The number of carbonyl (C=O) groups is 1. The molecule has 37 heavy (non-hydrogen) atoms. The van der Waals surface area contributed by atoms with Crippen molar-refractivity contribution < 1.29 is 19.0 Å². The molecular formula is C29H27FN4O3. The first-order chi connectivity index (χ1) is 18.0. The van der Waals surface area contributed by atoms with Crippen LogP contribution >= 0.6 is 0 Å². The van der Waals surface area contributed by atoms with Crippen LogP contribution in [0.5, 0.6) is 5.88 Å². The summed E-state index contributed by atoms with van der Waals surface area (Å²) < 4.78 is 20.5. The Labute approximate surface area is 214 Å². The number of carboxylic acid groups (broad SMARTS) is 1. The molecule has 2 aromatic carbocycles. The number of pyridine rings is 1. The summed E-state index contributed by atoms with van der Waals surface area (Å²) in [4.78, 5) is 24.2. The van der Waals surface area contributed by atoms with Crippen LogP contribution in [0.2, 0.25) is 0 Å². The Bertz CT molecular complexity index is 1360. The van der Waals surface area contributed by atoms with Gasteiger partial charge in [-0.1, -0.05) is 48.5 Å². The second-order valence-electron chi connectivity index (χ2n) is 9.16. The number of hydrogen-bond acceptors (Lipinski definition) is 6. The number of benzene rings is 2. The van der Waals surface area contributed by atoms with Gasteiger partial charge in [0, 0.05) is 29.4 Å². The zero-order valence-electron chi connectivity index (χ0n) is 20.2. The number of ether oxygens (including phenoxy) is 1. The highest BCUT2D eigenvalue weighted by Gasteiger charge is 2.26. The molecule has 1 fully saturated rings. The third-order valence-corrected chi connectivity index (χ3v) is 6.59. The second-order valence-corrected chi connectivity index (χ2v) is 9.16. The maximum Gasteiger partial charge on any atom is 0.306 e. The molecule has 0 bridgehead atoms. The number of nitrogens with one attached hydrogen (secondary N) is 1. The van der Waals surface area contributed by atoms with Gasteiger partial charge in [0.1, 0.15) is 12.3 Å². The number of aliphatic carboxylic acids is 1. The molecule has 1 aliphatic carbocycles. The van der Waals surface area contributed by atoms with Crippen LogP contribution in [0.25, 0.3) is 22.4 Å². The molecule has 0 radical (unpaired) electrons. The summed E-state index contributed by atoms with van der Waals surface area (Å²) in [6.07, 6.45) is 5.53. The highest BCUT2D eigenvalue weighted by molar-refractivity contribution is 5.72. The van der Waals surface area contributed by atoms with Gasteiger partial charge in [-0.3, -0.25) is 4.79 Å². The first kappa shape index (κ1) is 24.4. The van der Waals surface area contributed by atoms with Gasteiger partial charge in [-0.2, -0.15) is 0 Å². The SMILES string of the molecule is O=C(O)[C@H]1CC[C@H](Nc2ncc(F)c(-c3cccc(-c4ccc(OCc5ccccc5)nc4)c3)n2)CC1. The van der Waals surface area contributed by atoms with E-state index in [4.69, 9.17) is 4.74 Å². The van der Waals surface area contributed by atoms with Gasteiger partial charge in [-0.25, -0.2) is 19.3 Å². The molecule has 0 spiro atoms. The normalized spacial score (nSPS) is 17.2. The number of halogens is 1. The van der Waals surface area contributed by atoms with Gasteiger partial charge >= 0.3 is 5.97 Å². The Morgan fingerprint density at radius 1 is 0.919 bits per heavy atom. The van der Waals surface area contributed by atoms with E-state index in [0.29, 0.717) is 49.7 Å². The predicted octanol–water partition coefficient (Wildman–Crippen LogP) is 5.98. The van der Waals surface area contributed by atoms with Crippen LogP contribution in [0.4, 0.5) is 10.3 Å². The molecule has 2 aromatic heterocycles. The largest absolute Gasteiger partial charge is 0.481 e. The lowest BCUT2D eigenvalue weighted by Gasteiger charge is -2.26. The minimum atomic E-state index is -0.747. The standard InChI is InChI=1S/C29H27FN4O3/c30-25-17-32-29(33-24-12-9-20(10-13-24)28(35)36)34-27(25)22-8-4-7-21(15-22)23-11-14-26(31-16-23)37-18-19-5-2-1-3-6-19/h1-8,11,14-17,20,24H,9-10,12-13,18H2,(H,35,36)(H,32,33,34)/t20-,24-. The molecule has 0 aliphatic heterocycles. The van der Waals surface area contributed by atoms with E-state index < -0.39 is 11.8 Å². The summed E-state index contributed by atoms with van der Waals surface area (Å²) in [5.41, 5.74) is 3.64. The molecule has 4 aromatic rings. The van der Waals surface area contributed by atoms with Gasteiger partial charge in [0.2, 0.25) is 11.8 Å². The van der Waals surface area contributed by atoms with Crippen molar-refractivity contribution in [1.29, 1.82) is 0 Å². The molecule has 1 aliphatic rings. The van der Waals surface area contributed by atoms with Gasteiger partial charge in [0.15, 0.2) is 5.82 Å². The number of aromatic nitrogens is 3. The minimum absolute atomic E-state index is 0.0638. The molecule has 2 heterocycles. The Balaban J connectivity index is 1.28. The second kappa shape index (κ2) is 11.2. The van der Waals surface area contributed by atoms with Crippen LogP contribution in [-0.4, -0.2) is 32.1 Å². The molecule has 8 heteroatoms. The number of hydrogen-bond donors (Lipinski definition) is 2. The molecule has 1 saturated carbocycles. The van der Waals surface area contributed by atoms with Crippen LogP contribution < -0.4 is 10.1 Å². The van der Waals surface area contributed by atoms with Crippen molar-refractivity contribution in [3.63, 3.8) is 0 Å². The van der Waals surface area contributed by atoms with E-state index in [2.05, 4.69) is 20.3 Å². The van der Waals surface area contributed by atoms with Gasteiger partial charge in [0.25, 0.3) is 0 Å². The van der Waals surface area contributed by atoms with E-state index in [1.807, 2.05) is 66.7 Å². The van der Waals surface area contributed by atoms with Crippen LogP contribution in [-0.2, 0) is 11.4 Å². The number of nitrogens with zero attached hydrogens (tertiary/aromatic N) is 3. The molecule has 5 rings (SSSR count). The molecule has 0 saturated heterocycles. The third-order valence-electron chi connectivity index (χ3n) is 6.59. The van der Waals surface area contributed by atoms with E-state index in [9.17, 15) is 14.3 Å². The van der Waals surface area contributed by atoms with E-state index in [1.54, 1.807) is 6.20 Å². The maximum absolute atomic E-state index is 14.7. The average Bonchev–Trinajstić information content (AvgIpc) is 2.94. The zero-order chi connectivity index (χ0) is 25.6.